The van der Waals surface area contributed by atoms with Crippen LogP contribution in [0, 0.1) is 5.92 Å². The Morgan fingerprint density at radius 1 is 0.886 bits per heavy atom. The van der Waals surface area contributed by atoms with Gasteiger partial charge in [-0.2, -0.15) is 0 Å². The number of benzene rings is 2. The van der Waals surface area contributed by atoms with Crippen molar-refractivity contribution >= 4 is 17.6 Å². The summed E-state index contributed by atoms with van der Waals surface area (Å²) in [5, 5.41) is 8.81. The van der Waals surface area contributed by atoms with Gasteiger partial charge in [-0.05, 0) is 37.5 Å². The Morgan fingerprint density at radius 2 is 1.54 bits per heavy atom. The van der Waals surface area contributed by atoms with Gasteiger partial charge in [-0.1, -0.05) is 60.7 Å². The number of amides is 2. The number of hydrogen-bond acceptors (Lipinski definition) is 5. The van der Waals surface area contributed by atoms with Crippen molar-refractivity contribution in [3.8, 4) is 11.3 Å². The first-order valence-corrected chi connectivity index (χ1v) is 12.4. The molecule has 2 amide bonds. The van der Waals surface area contributed by atoms with E-state index in [4.69, 9.17) is 0 Å². The monoisotopic (exact) mass is 469 g/mol. The number of aromatic nitrogens is 2. The minimum Gasteiger partial charge on any atom is -0.352 e. The SMILES string of the molecule is C[C@@H](c1ccccc1)N(CC(=O)N1CCN(c2ccc(-c3ccccc3)nn2)CC1)C(=O)C1CC1. The van der Waals surface area contributed by atoms with E-state index in [0.717, 1.165) is 35.5 Å². The molecule has 1 aromatic heterocycles. The highest BCUT2D eigenvalue weighted by Gasteiger charge is 2.37. The zero-order valence-corrected chi connectivity index (χ0v) is 20.1. The van der Waals surface area contributed by atoms with Crippen LogP contribution in [0.5, 0.6) is 0 Å². The van der Waals surface area contributed by atoms with Crippen LogP contribution in [0.3, 0.4) is 0 Å². The van der Waals surface area contributed by atoms with Crippen LogP contribution in [0.15, 0.2) is 72.8 Å². The van der Waals surface area contributed by atoms with Crippen LogP contribution in [0.4, 0.5) is 5.82 Å². The lowest BCUT2D eigenvalue weighted by atomic mass is 10.1. The van der Waals surface area contributed by atoms with Gasteiger partial charge in [0.25, 0.3) is 0 Å². The first-order chi connectivity index (χ1) is 17.1. The molecule has 7 heteroatoms. The van der Waals surface area contributed by atoms with Crippen LogP contribution < -0.4 is 4.90 Å². The molecule has 0 bridgehead atoms. The predicted octanol–water partition coefficient (Wildman–Crippen LogP) is 3.79. The number of rotatable bonds is 7. The Balaban J connectivity index is 1.20. The quantitative estimate of drug-likeness (QED) is 0.527. The van der Waals surface area contributed by atoms with E-state index in [2.05, 4.69) is 15.1 Å². The van der Waals surface area contributed by atoms with E-state index in [1.807, 2.05) is 84.6 Å². The summed E-state index contributed by atoms with van der Waals surface area (Å²) in [6.07, 6.45) is 1.85. The second-order valence-electron chi connectivity index (χ2n) is 9.34. The normalized spacial score (nSPS) is 16.6. The first-order valence-electron chi connectivity index (χ1n) is 12.4. The summed E-state index contributed by atoms with van der Waals surface area (Å²) in [6.45, 7) is 4.72. The topological polar surface area (TPSA) is 69.6 Å². The van der Waals surface area contributed by atoms with Crippen LogP contribution in [-0.2, 0) is 9.59 Å². The molecule has 1 aliphatic heterocycles. The molecule has 1 aliphatic carbocycles. The van der Waals surface area contributed by atoms with Crippen LogP contribution in [0.2, 0.25) is 0 Å². The Morgan fingerprint density at radius 3 is 2.14 bits per heavy atom. The lowest BCUT2D eigenvalue weighted by Crippen LogP contribution is -2.52. The number of piperazine rings is 1. The molecule has 2 aromatic carbocycles. The van der Waals surface area contributed by atoms with Crippen LogP contribution in [0.1, 0.15) is 31.4 Å². The smallest absolute Gasteiger partial charge is 0.242 e. The molecule has 3 aromatic rings. The fraction of sp³-hybridized carbons (Fsp3) is 0.357. The minimum atomic E-state index is -0.132. The van der Waals surface area contributed by atoms with Crippen LogP contribution in [0.25, 0.3) is 11.3 Å². The molecule has 0 radical (unpaired) electrons. The van der Waals surface area contributed by atoms with E-state index >= 15 is 0 Å². The maximum Gasteiger partial charge on any atom is 0.242 e. The van der Waals surface area contributed by atoms with E-state index in [9.17, 15) is 9.59 Å². The van der Waals surface area contributed by atoms with Crippen LogP contribution >= 0.6 is 0 Å². The van der Waals surface area contributed by atoms with E-state index in [1.165, 1.54) is 0 Å². The molecule has 35 heavy (non-hydrogen) atoms. The fourth-order valence-electron chi connectivity index (χ4n) is 4.57. The van der Waals surface area contributed by atoms with Gasteiger partial charge in [0.1, 0.15) is 6.54 Å². The molecular weight excluding hydrogens is 438 g/mol. The number of hydrogen-bond donors (Lipinski definition) is 0. The maximum absolute atomic E-state index is 13.2. The molecule has 1 atom stereocenters. The largest absolute Gasteiger partial charge is 0.352 e. The summed E-state index contributed by atoms with van der Waals surface area (Å²) in [5.41, 5.74) is 2.93. The van der Waals surface area contributed by atoms with Crippen molar-refractivity contribution in [1.82, 2.24) is 20.0 Å². The number of nitrogens with zero attached hydrogens (tertiary/aromatic N) is 5. The number of anilines is 1. The molecule has 5 rings (SSSR count). The van der Waals surface area contributed by atoms with Crippen molar-refractivity contribution in [3.63, 3.8) is 0 Å². The van der Waals surface area contributed by atoms with E-state index in [0.29, 0.717) is 26.2 Å². The third-order valence-electron chi connectivity index (χ3n) is 6.94. The molecule has 2 aliphatic rings. The van der Waals surface area contributed by atoms with Crippen molar-refractivity contribution in [2.45, 2.75) is 25.8 Å². The van der Waals surface area contributed by atoms with Crippen molar-refractivity contribution in [2.75, 3.05) is 37.6 Å². The molecule has 2 fully saturated rings. The van der Waals surface area contributed by atoms with Crippen molar-refractivity contribution in [2.24, 2.45) is 5.92 Å². The summed E-state index contributed by atoms with van der Waals surface area (Å²) in [6, 6.07) is 23.8. The van der Waals surface area contributed by atoms with Gasteiger partial charge in [0.2, 0.25) is 11.8 Å². The Labute approximate surface area is 206 Å². The van der Waals surface area contributed by atoms with Crippen molar-refractivity contribution in [3.05, 3.63) is 78.4 Å². The lowest BCUT2D eigenvalue weighted by molar-refractivity contribution is -0.143. The summed E-state index contributed by atoms with van der Waals surface area (Å²) in [4.78, 5) is 32.1. The lowest BCUT2D eigenvalue weighted by Gasteiger charge is -2.37. The fourth-order valence-corrected chi connectivity index (χ4v) is 4.57. The molecule has 1 saturated heterocycles. The summed E-state index contributed by atoms with van der Waals surface area (Å²) < 4.78 is 0. The van der Waals surface area contributed by atoms with Gasteiger partial charge in [-0.25, -0.2) is 0 Å². The molecule has 180 valence electrons. The van der Waals surface area contributed by atoms with Crippen LogP contribution in [-0.4, -0.2) is 64.5 Å². The van der Waals surface area contributed by atoms with Gasteiger partial charge < -0.3 is 14.7 Å². The zero-order chi connectivity index (χ0) is 24.2. The summed E-state index contributed by atoms with van der Waals surface area (Å²) in [5.74, 6) is 0.998. The molecule has 0 spiro atoms. The predicted molar refractivity (Wildman–Crippen MR) is 136 cm³/mol. The molecule has 0 unspecified atom stereocenters. The van der Waals surface area contributed by atoms with Gasteiger partial charge in [0.15, 0.2) is 5.82 Å². The minimum absolute atomic E-state index is 0.00643. The maximum atomic E-state index is 13.2. The van der Waals surface area contributed by atoms with E-state index in [1.54, 1.807) is 4.90 Å². The molecule has 1 saturated carbocycles. The zero-order valence-electron chi connectivity index (χ0n) is 20.1. The highest BCUT2D eigenvalue weighted by Crippen LogP contribution is 2.34. The molecule has 7 nitrogen and oxygen atoms in total. The van der Waals surface area contributed by atoms with E-state index in [-0.39, 0.29) is 30.3 Å². The number of carbonyl (C=O) groups excluding carboxylic acids is 2. The summed E-state index contributed by atoms with van der Waals surface area (Å²) >= 11 is 0. The third kappa shape index (κ3) is 5.34. The van der Waals surface area contributed by atoms with Gasteiger partial charge in [-0.15, -0.1) is 10.2 Å². The summed E-state index contributed by atoms with van der Waals surface area (Å²) in [7, 11) is 0. The standard InChI is InChI=1S/C28H31N5O2/c1-21(22-8-4-2-5-9-22)33(28(35)24-12-13-24)20-27(34)32-18-16-31(17-19-32)26-15-14-25(29-30-26)23-10-6-3-7-11-23/h2-11,14-15,21,24H,12-13,16-20H2,1H3/t21-/m0/s1. The molecule has 0 N–H and O–H groups in total. The highest BCUT2D eigenvalue weighted by atomic mass is 16.2. The van der Waals surface area contributed by atoms with E-state index < -0.39 is 0 Å². The Kier molecular flexibility index (Phi) is 6.75. The second kappa shape index (κ2) is 10.3. The Hall–Kier alpha value is -3.74. The molecular formula is C28H31N5O2. The van der Waals surface area contributed by atoms with Gasteiger partial charge in [0, 0.05) is 37.7 Å². The third-order valence-corrected chi connectivity index (χ3v) is 6.94. The highest BCUT2D eigenvalue weighted by molar-refractivity contribution is 5.87. The first kappa shape index (κ1) is 23.0. The molecule has 2 heterocycles. The average Bonchev–Trinajstić information content (AvgIpc) is 3.78. The average molecular weight is 470 g/mol. The Bertz CT molecular complexity index is 1140. The van der Waals surface area contributed by atoms with Gasteiger partial charge in [0.05, 0.1) is 11.7 Å². The van der Waals surface area contributed by atoms with Gasteiger partial charge in [-0.3, -0.25) is 9.59 Å². The van der Waals surface area contributed by atoms with Crippen molar-refractivity contribution in [1.29, 1.82) is 0 Å². The van der Waals surface area contributed by atoms with Gasteiger partial charge >= 0.3 is 0 Å². The van der Waals surface area contributed by atoms with Crippen molar-refractivity contribution < 1.29 is 9.59 Å². The number of carbonyl (C=O) groups is 2. The second-order valence-corrected chi connectivity index (χ2v) is 9.34.